The first-order valence-electron chi connectivity index (χ1n) is 5.02. The van der Waals surface area contributed by atoms with Crippen LogP contribution >= 0.6 is 11.6 Å². The van der Waals surface area contributed by atoms with Crippen molar-refractivity contribution in [3.63, 3.8) is 0 Å². The lowest BCUT2D eigenvalue weighted by atomic mass is 9.93. The standard InChI is InChI=1S/C11H16ClN3O/c1-11(2,10(13)16)7-15-5-8-3-4-14-6-9(8)12/h3-4,6,15H,5,7H2,1-2H3,(H2,13,16). The first kappa shape index (κ1) is 12.9. The summed E-state index contributed by atoms with van der Waals surface area (Å²) in [6.45, 7) is 4.71. The van der Waals surface area contributed by atoms with Crippen molar-refractivity contribution < 1.29 is 4.79 Å². The summed E-state index contributed by atoms with van der Waals surface area (Å²) < 4.78 is 0. The summed E-state index contributed by atoms with van der Waals surface area (Å²) in [7, 11) is 0. The summed E-state index contributed by atoms with van der Waals surface area (Å²) >= 11 is 5.94. The predicted octanol–water partition coefficient (Wildman–Crippen LogP) is 1.34. The van der Waals surface area contributed by atoms with E-state index in [-0.39, 0.29) is 5.91 Å². The van der Waals surface area contributed by atoms with Crippen LogP contribution in [0.4, 0.5) is 0 Å². The van der Waals surface area contributed by atoms with Crippen molar-refractivity contribution >= 4 is 17.5 Å². The first-order valence-corrected chi connectivity index (χ1v) is 5.40. The summed E-state index contributed by atoms with van der Waals surface area (Å²) in [5, 5.41) is 3.77. The number of nitrogens with one attached hydrogen (secondary N) is 1. The fraction of sp³-hybridized carbons (Fsp3) is 0.455. The summed E-state index contributed by atoms with van der Waals surface area (Å²) in [4.78, 5) is 15.0. The molecule has 0 aliphatic rings. The van der Waals surface area contributed by atoms with Gasteiger partial charge in [-0.15, -0.1) is 0 Å². The van der Waals surface area contributed by atoms with E-state index in [1.54, 1.807) is 26.2 Å². The molecule has 0 radical (unpaired) electrons. The smallest absolute Gasteiger partial charge is 0.224 e. The Balaban J connectivity index is 2.48. The van der Waals surface area contributed by atoms with E-state index in [4.69, 9.17) is 17.3 Å². The number of nitrogens with two attached hydrogens (primary N) is 1. The summed E-state index contributed by atoms with van der Waals surface area (Å²) in [6.07, 6.45) is 3.28. The molecule has 0 aromatic carbocycles. The second-order valence-corrected chi connectivity index (χ2v) is 4.73. The maximum Gasteiger partial charge on any atom is 0.224 e. The lowest BCUT2D eigenvalue weighted by Gasteiger charge is -2.20. The molecule has 5 heteroatoms. The number of pyridine rings is 1. The molecule has 0 unspecified atom stereocenters. The highest BCUT2D eigenvalue weighted by Gasteiger charge is 2.24. The molecule has 0 aliphatic carbocycles. The minimum Gasteiger partial charge on any atom is -0.369 e. The van der Waals surface area contributed by atoms with Crippen molar-refractivity contribution in [2.45, 2.75) is 20.4 Å². The van der Waals surface area contributed by atoms with Crippen LogP contribution in [0.1, 0.15) is 19.4 Å². The van der Waals surface area contributed by atoms with E-state index in [1.807, 2.05) is 6.07 Å². The van der Waals surface area contributed by atoms with Crippen molar-refractivity contribution in [3.05, 3.63) is 29.0 Å². The van der Waals surface area contributed by atoms with Crippen LogP contribution in [0.2, 0.25) is 5.02 Å². The van der Waals surface area contributed by atoms with Crippen LogP contribution in [0.25, 0.3) is 0 Å². The SMILES string of the molecule is CC(C)(CNCc1ccncc1Cl)C(N)=O. The van der Waals surface area contributed by atoms with Crippen LogP contribution < -0.4 is 11.1 Å². The van der Waals surface area contributed by atoms with Crippen LogP contribution in [-0.2, 0) is 11.3 Å². The number of nitrogens with zero attached hydrogens (tertiary/aromatic N) is 1. The number of hydrogen-bond donors (Lipinski definition) is 2. The maximum absolute atomic E-state index is 11.1. The van der Waals surface area contributed by atoms with Crippen molar-refractivity contribution in [1.29, 1.82) is 0 Å². The van der Waals surface area contributed by atoms with E-state index in [0.717, 1.165) is 5.56 Å². The van der Waals surface area contributed by atoms with E-state index < -0.39 is 5.41 Å². The molecule has 0 aliphatic heterocycles. The van der Waals surface area contributed by atoms with Gasteiger partial charge in [-0.05, 0) is 25.5 Å². The highest BCUT2D eigenvalue weighted by atomic mass is 35.5. The number of halogens is 1. The summed E-state index contributed by atoms with van der Waals surface area (Å²) in [5.41, 5.74) is 5.66. The molecule has 0 spiro atoms. The fourth-order valence-electron chi connectivity index (χ4n) is 1.14. The van der Waals surface area contributed by atoms with Crippen LogP contribution in [-0.4, -0.2) is 17.4 Å². The zero-order valence-corrected chi connectivity index (χ0v) is 10.2. The average molecular weight is 242 g/mol. The van der Waals surface area contributed by atoms with Crippen molar-refractivity contribution in [3.8, 4) is 0 Å². The van der Waals surface area contributed by atoms with Gasteiger partial charge in [0.25, 0.3) is 0 Å². The Morgan fingerprint density at radius 1 is 1.62 bits per heavy atom. The van der Waals surface area contributed by atoms with Gasteiger partial charge in [-0.2, -0.15) is 0 Å². The maximum atomic E-state index is 11.1. The molecular formula is C11H16ClN3O. The van der Waals surface area contributed by atoms with Gasteiger partial charge in [-0.1, -0.05) is 11.6 Å². The quantitative estimate of drug-likeness (QED) is 0.818. The number of carbonyl (C=O) groups excluding carboxylic acids is 1. The zero-order valence-electron chi connectivity index (χ0n) is 9.46. The molecule has 0 saturated carbocycles. The molecule has 0 bridgehead atoms. The number of amides is 1. The van der Waals surface area contributed by atoms with E-state index in [0.29, 0.717) is 18.1 Å². The molecular weight excluding hydrogens is 226 g/mol. The average Bonchev–Trinajstić information content (AvgIpc) is 2.20. The molecule has 1 rings (SSSR count). The van der Waals surface area contributed by atoms with Gasteiger partial charge in [0.05, 0.1) is 10.4 Å². The van der Waals surface area contributed by atoms with Crippen LogP contribution in [0.3, 0.4) is 0 Å². The van der Waals surface area contributed by atoms with Crippen molar-refractivity contribution in [2.24, 2.45) is 11.1 Å². The molecule has 88 valence electrons. The molecule has 1 aromatic rings. The molecule has 16 heavy (non-hydrogen) atoms. The lowest BCUT2D eigenvalue weighted by molar-refractivity contribution is -0.125. The number of hydrogen-bond acceptors (Lipinski definition) is 3. The Morgan fingerprint density at radius 2 is 2.31 bits per heavy atom. The van der Waals surface area contributed by atoms with Gasteiger partial charge < -0.3 is 11.1 Å². The molecule has 1 amide bonds. The topological polar surface area (TPSA) is 68.0 Å². The molecule has 0 atom stereocenters. The van der Waals surface area contributed by atoms with E-state index in [1.165, 1.54) is 0 Å². The summed E-state index contributed by atoms with van der Waals surface area (Å²) in [6, 6.07) is 1.84. The Hall–Kier alpha value is -1.13. The van der Waals surface area contributed by atoms with E-state index in [9.17, 15) is 4.79 Å². The molecule has 4 nitrogen and oxygen atoms in total. The van der Waals surface area contributed by atoms with E-state index in [2.05, 4.69) is 10.3 Å². The van der Waals surface area contributed by atoms with Crippen LogP contribution in [0.15, 0.2) is 18.5 Å². The molecule has 0 saturated heterocycles. The van der Waals surface area contributed by atoms with Crippen LogP contribution in [0, 0.1) is 5.41 Å². The molecule has 1 heterocycles. The van der Waals surface area contributed by atoms with Gasteiger partial charge in [0.2, 0.25) is 5.91 Å². The van der Waals surface area contributed by atoms with Gasteiger partial charge in [-0.25, -0.2) is 0 Å². The van der Waals surface area contributed by atoms with Crippen LogP contribution in [0.5, 0.6) is 0 Å². The Morgan fingerprint density at radius 3 is 2.88 bits per heavy atom. The predicted molar refractivity (Wildman–Crippen MR) is 63.9 cm³/mol. The zero-order chi connectivity index (χ0) is 12.2. The molecule has 1 aromatic heterocycles. The monoisotopic (exact) mass is 241 g/mol. The third-order valence-corrected chi connectivity index (χ3v) is 2.75. The van der Waals surface area contributed by atoms with Crippen molar-refractivity contribution in [1.82, 2.24) is 10.3 Å². The highest BCUT2D eigenvalue weighted by Crippen LogP contribution is 2.15. The number of rotatable bonds is 5. The fourth-order valence-corrected chi connectivity index (χ4v) is 1.33. The number of primary amides is 1. The Kier molecular flexibility index (Phi) is 4.26. The van der Waals surface area contributed by atoms with Gasteiger partial charge in [0.1, 0.15) is 0 Å². The van der Waals surface area contributed by atoms with Gasteiger partial charge in [0, 0.05) is 25.5 Å². The van der Waals surface area contributed by atoms with Gasteiger partial charge in [-0.3, -0.25) is 9.78 Å². The Labute approximate surface area is 100 Å². The first-order chi connectivity index (χ1) is 7.43. The lowest BCUT2D eigenvalue weighted by Crippen LogP contribution is -2.40. The van der Waals surface area contributed by atoms with Crippen molar-refractivity contribution in [2.75, 3.05) is 6.54 Å². The second-order valence-electron chi connectivity index (χ2n) is 4.32. The largest absolute Gasteiger partial charge is 0.369 e. The summed E-state index contributed by atoms with van der Waals surface area (Å²) in [5.74, 6) is -0.319. The minimum atomic E-state index is -0.556. The Bertz CT molecular complexity index is 379. The third kappa shape index (κ3) is 3.47. The van der Waals surface area contributed by atoms with E-state index >= 15 is 0 Å². The normalized spacial score (nSPS) is 11.4. The van der Waals surface area contributed by atoms with Gasteiger partial charge in [0.15, 0.2) is 0 Å². The third-order valence-electron chi connectivity index (χ3n) is 2.41. The highest BCUT2D eigenvalue weighted by molar-refractivity contribution is 6.31. The van der Waals surface area contributed by atoms with Gasteiger partial charge >= 0.3 is 0 Å². The number of carbonyl (C=O) groups is 1. The minimum absolute atomic E-state index is 0.319. The molecule has 3 N–H and O–H groups in total. The second kappa shape index (κ2) is 5.27. The molecule has 0 fully saturated rings. The number of aromatic nitrogens is 1.